The second-order valence-electron chi connectivity index (χ2n) is 6.30. The molecular weight excluding hydrogens is 339 g/mol. The Morgan fingerprint density at radius 3 is 2.52 bits per heavy atom. The highest BCUT2D eigenvalue weighted by Gasteiger charge is 2.35. The van der Waals surface area contributed by atoms with Gasteiger partial charge in [0, 0.05) is 31.4 Å². The lowest BCUT2D eigenvalue weighted by molar-refractivity contribution is 0.297. The number of piperidine rings is 1. The molecule has 0 amide bonds. The lowest BCUT2D eigenvalue weighted by Gasteiger charge is -2.31. The largest absolute Gasteiger partial charge is 0.318 e. The second-order valence-corrected chi connectivity index (χ2v) is 6.74. The van der Waals surface area contributed by atoms with Gasteiger partial charge in [-0.15, -0.1) is 12.4 Å². The van der Waals surface area contributed by atoms with Gasteiger partial charge in [0.25, 0.3) is 0 Å². The average molecular weight is 357 g/mol. The number of nitrogens with one attached hydrogen (secondary N) is 1. The SMILES string of the molecule is Cl.Cn1c(=O)c(=O)n([C@H]2C[C@H]3CC[C@@H](C2)N3)c2ncc(Cl)cc21. The van der Waals surface area contributed by atoms with E-state index >= 15 is 0 Å². The van der Waals surface area contributed by atoms with Crippen LogP contribution in [0.3, 0.4) is 0 Å². The molecule has 0 spiro atoms. The predicted octanol–water partition coefficient (Wildman–Crippen LogP) is 1.63. The minimum Gasteiger partial charge on any atom is -0.311 e. The van der Waals surface area contributed by atoms with Gasteiger partial charge < -0.3 is 9.88 Å². The van der Waals surface area contributed by atoms with Crippen molar-refractivity contribution in [3.05, 3.63) is 38.0 Å². The Balaban J connectivity index is 0.00000156. The van der Waals surface area contributed by atoms with Crippen LogP contribution in [0, 0.1) is 0 Å². The molecule has 2 aromatic heterocycles. The maximum Gasteiger partial charge on any atom is 0.318 e. The fourth-order valence-electron chi connectivity index (χ4n) is 3.88. The van der Waals surface area contributed by atoms with Crippen LogP contribution in [0.1, 0.15) is 31.7 Å². The number of nitrogens with zero attached hydrogens (tertiary/aromatic N) is 3. The van der Waals surface area contributed by atoms with Crippen LogP contribution in [0.15, 0.2) is 21.9 Å². The van der Waals surface area contributed by atoms with E-state index in [0.29, 0.717) is 28.3 Å². The maximum atomic E-state index is 12.6. The Morgan fingerprint density at radius 2 is 1.87 bits per heavy atom. The number of aryl methyl sites for hydroxylation is 1. The molecule has 0 aromatic carbocycles. The van der Waals surface area contributed by atoms with E-state index in [2.05, 4.69) is 10.3 Å². The van der Waals surface area contributed by atoms with Crippen molar-refractivity contribution < 1.29 is 0 Å². The van der Waals surface area contributed by atoms with Crippen LogP contribution < -0.4 is 16.4 Å². The molecule has 2 fully saturated rings. The molecule has 3 atom stereocenters. The van der Waals surface area contributed by atoms with Gasteiger partial charge in [-0.1, -0.05) is 11.6 Å². The molecule has 8 heteroatoms. The molecule has 4 heterocycles. The minimum absolute atomic E-state index is 0. The first kappa shape index (κ1) is 16.5. The fourth-order valence-corrected chi connectivity index (χ4v) is 4.03. The van der Waals surface area contributed by atoms with E-state index in [9.17, 15) is 9.59 Å². The lowest BCUT2D eigenvalue weighted by Crippen LogP contribution is -2.46. The quantitative estimate of drug-likeness (QED) is 0.788. The summed E-state index contributed by atoms with van der Waals surface area (Å²) in [7, 11) is 1.58. The zero-order chi connectivity index (χ0) is 15.4. The van der Waals surface area contributed by atoms with Crippen LogP contribution in [-0.2, 0) is 7.05 Å². The van der Waals surface area contributed by atoms with Crippen molar-refractivity contribution in [3.63, 3.8) is 0 Å². The summed E-state index contributed by atoms with van der Waals surface area (Å²) >= 11 is 6.00. The third-order valence-electron chi connectivity index (χ3n) is 4.92. The molecule has 23 heavy (non-hydrogen) atoms. The number of hydrogen-bond acceptors (Lipinski definition) is 4. The number of pyridine rings is 1. The Bertz CT molecular complexity index is 864. The normalized spacial score (nSPS) is 26.3. The van der Waals surface area contributed by atoms with Gasteiger partial charge in [-0.2, -0.15) is 0 Å². The minimum atomic E-state index is -0.526. The topological polar surface area (TPSA) is 68.9 Å². The van der Waals surface area contributed by atoms with Gasteiger partial charge >= 0.3 is 11.1 Å². The highest BCUT2D eigenvalue weighted by molar-refractivity contribution is 6.31. The summed E-state index contributed by atoms with van der Waals surface area (Å²) in [5, 5.41) is 4.01. The van der Waals surface area contributed by atoms with E-state index < -0.39 is 11.1 Å². The zero-order valence-corrected chi connectivity index (χ0v) is 14.2. The maximum absolute atomic E-state index is 12.6. The van der Waals surface area contributed by atoms with Crippen molar-refractivity contribution in [1.29, 1.82) is 0 Å². The summed E-state index contributed by atoms with van der Waals surface area (Å²) in [6.07, 6.45) is 5.53. The van der Waals surface area contributed by atoms with Crippen LogP contribution in [0.2, 0.25) is 5.02 Å². The number of rotatable bonds is 1. The summed E-state index contributed by atoms with van der Waals surface area (Å²) in [4.78, 5) is 29.2. The molecule has 2 aliphatic heterocycles. The molecule has 2 saturated heterocycles. The molecule has 4 rings (SSSR count). The Labute approximate surface area is 143 Å². The smallest absolute Gasteiger partial charge is 0.311 e. The number of halogens is 2. The van der Waals surface area contributed by atoms with Gasteiger partial charge in [0.2, 0.25) is 0 Å². The monoisotopic (exact) mass is 356 g/mol. The van der Waals surface area contributed by atoms with Crippen LogP contribution in [0.4, 0.5) is 0 Å². The van der Waals surface area contributed by atoms with Gasteiger partial charge in [0.05, 0.1) is 10.5 Å². The van der Waals surface area contributed by atoms with E-state index in [1.807, 2.05) is 0 Å². The number of fused-ring (bicyclic) bond motifs is 3. The summed E-state index contributed by atoms with van der Waals surface area (Å²) in [5.41, 5.74) is 0.129. The molecule has 6 nitrogen and oxygen atoms in total. The summed E-state index contributed by atoms with van der Waals surface area (Å²) in [6, 6.07) is 2.58. The fraction of sp³-hybridized carbons (Fsp3) is 0.533. The molecule has 0 unspecified atom stereocenters. The van der Waals surface area contributed by atoms with Crippen LogP contribution in [0.25, 0.3) is 11.2 Å². The molecule has 0 radical (unpaired) electrons. The van der Waals surface area contributed by atoms with Crippen LogP contribution in [-0.4, -0.2) is 26.2 Å². The van der Waals surface area contributed by atoms with E-state index in [-0.39, 0.29) is 18.4 Å². The van der Waals surface area contributed by atoms with Crippen molar-refractivity contribution in [2.45, 2.75) is 43.8 Å². The molecule has 2 bridgehead atoms. The Hall–Kier alpha value is -1.37. The highest BCUT2D eigenvalue weighted by atomic mass is 35.5. The van der Waals surface area contributed by atoms with Crippen molar-refractivity contribution in [3.8, 4) is 0 Å². The summed E-state index contributed by atoms with van der Waals surface area (Å²) in [5.74, 6) is 0. The first-order valence-corrected chi connectivity index (χ1v) is 7.95. The van der Waals surface area contributed by atoms with Crippen molar-refractivity contribution in [2.24, 2.45) is 7.05 Å². The predicted molar refractivity (Wildman–Crippen MR) is 91.7 cm³/mol. The molecule has 124 valence electrons. The Morgan fingerprint density at radius 1 is 1.22 bits per heavy atom. The lowest BCUT2D eigenvalue weighted by atomic mass is 9.99. The van der Waals surface area contributed by atoms with Crippen LogP contribution >= 0.6 is 24.0 Å². The van der Waals surface area contributed by atoms with Crippen molar-refractivity contribution >= 4 is 35.2 Å². The summed E-state index contributed by atoms with van der Waals surface area (Å²) in [6.45, 7) is 0. The van der Waals surface area contributed by atoms with E-state index in [1.165, 1.54) is 10.8 Å². The van der Waals surface area contributed by atoms with Gasteiger partial charge in [-0.25, -0.2) is 4.98 Å². The van der Waals surface area contributed by atoms with Crippen LogP contribution in [0.5, 0.6) is 0 Å². The average Bonchev–Trinajstić information content (AvgIpc) is 2.84. The van der Waals surface area contributed by atoms with E-state index in [1.54, 1.807) is 17.7 Å². The van der Waals surface area contributed by atoms with Gasteiger partial charge in [0.15, 0.2) is 5.65 Å². The first-order chi connectivity index (χ1) is 10.5. The number of aromatic nitrogens is 3. The second kappa shape index (κ2) is 5.92. The number of hydrogen-bond donors (Lipinski definition) is 1. The first-order valence-electron chi connectivity index (χ1n) is 7.57. The van der Waals surface area contributed by atoms with Gasteiger partial charge in [-0.05, 0) is 31.7 Å². The third-order valence-corrected chi connectivity index (χ3v) is 5.13. The van der Waals surface area contributed by atoms with E-state index in [4.69, 9.17) is 11.6 Å². The zero-order valence-electron chi connectivity index (χ0n) is 12.7. The summed E-state index contributed by atoms with van der Waals surface area (Å²) < 4.78 is 2.93. The van der Waals surface area contributed by atoms with E-state index in [0.717, 1.165) is 25.7 Å². The standard InChI is InChI=1S/C15H17ClN4O2.ClH/c1-19-12-4-8(16)7-17-13(12)20(15(22)14(19)21)11-5-9-2-3-10(6-11)18-9;/h4,7,9-11,18H,2-3,5-6H2,1H3;1H/t9-,10+,11+;. The molecule has 0 saturated carbocycles. The third kappa shape index (κ3) is 2.58. The van der Waals surface area contributed by atoms with Crippen molar-refractivity contribution in [1.82, 2.24) is 19.4 Å². The molecule has 2 aromatic rings. The molecular formula is C15H18Cl2N4O2. The molecule has 1 N–H and O–H groups in total. The van der Waals surface area contributed by atoms with Crippen molar-refractivity contribution in [2.75, 3.05) is 0 Å². The Kier molecular flexibility index (Phi) is 4.25. The van der Waals surface area contributed by atoms with Gasteiger partial charge in [0.1, 0.15) is 0 Å². The van der Waals surface area contributed by atoms with Gasteiger partial charge in [-0.3, -0.25) is 14.2 Å². The molecule has 2 aliphatic rings. The molecule has 0 aliphatic carbocycles. The highest BCUT2D eigenvalue weighted by Crippen LogP contribution is 2.34.